The Morgan fingerprint density at radius 3 is 2.36 bits per heavy atom. The largest absolute Gasteiger partial charge is 0.495 e. The lowest BCUT2D eigenvalue weighted by atomic mass is 10.2. The van der Waals surface area contributed by atoms with Crippen molar-refractivity contribution in [2.24, 2.45) is 0 Å². The summed E-state index contributed by atoms with van der Waals surface area (Å²) >= 11 is 6.22. The van der Waals surface area contributed by atoms with Crippen molar-refractivity contribution in [1.82, 2.24) is 14.5 Å². The van der Waals surface area contributed by atoms with Crippen molar-refractivity contribution in [1.29, 1.82) is 0 Å². The number of hydrogen-bond donors (Lipinski definition) is 1. The first-order valence-corrected chi connectivity index (χ1v) is 11.9. The smallest absolute Gasteiger partial charge is 0.212 e. The van der Waals surface area contributed by atoms with E-state index in [2.05, 4.69) is 4.98 Å². The number of sulfone groups is 1. The summed E-state index contributed by atoms with van der Waals surface area (Å²) in [5.41, 5.74) is 9.96. The van der Waals surface area contributed by atoms with Crippen molar-refractivity contribution >= 4 is 49.5 Å². The monoisotopic (exact) mass is 478 g/mol. The standard InChI is InChI=1S/C24H19ClN4O3S/c1-14-6-5-7-15(12-14)29-23(26)22(21-24(29)28-19-9-4-3-8-18(19)27-21)33(30,31)16-10-11-20(32-2)17(25)13-16/h3-13H,26H2,1-2H3. The van der Waals surface area contributed by atoms with E-state index in [1.54, 1.807) is 10.6 Å². The molecule has 5 rings (SSSR count). The third kappa shape index (κ3) is 3.39. The van der Waals surface area contributed by atoms with Gasteiger partial charge in [-0.3, -0.25) is 4.57 Å². The number of aryl methyl sites for hydroxylation is 1. The number of benzene rings is 3. The van der Waals surface area contributed by atoms with Crippen molar-refractivity contribution in [3.8, 4) is 11.4 Å². The Balaban J connectivity index is 1.88. The van der Waals surface area contributed by atoms with E-state index >= 15 is 0 Å². The maximum absolute atomic E-state index is 13.8. The van der Waals surface area contributed by atoms with Gasteiger partial charge < -0.3 is 10.5 Å². The summed E-state index contributed by atoms with van der Waals surface area (Å²) in [4.78, 5) is 9.25. The molecule has 0 fully saturated rings. The Morgan fingerprint density at radius 1 is 0.970 bits per heavy atom. The predicted molar refractivity (Wildman–Crippen MR) is 129 cm³/mol. The maximum Gasteiger partial charge on any atom is 0.212 e. The molecule has 0 aliphatic heterocycles. The van der Waals surface area contributed by atoms with E-state index in [-0.39, 0.29) is 26.1 Å². The van der Waals surface area contributed by atoms with Crippen LogP contribution in [-0.4, -0.2) is 30.1 Å². The summed E-state index contributed by atoms with van der Waals surface area (Å²) in [6.07, 6.45) is 0. The van der Waals surface area contributed by atoms with Gasteiger partial charge in [-0.05, 0) is 55.0 Å². The van der Waals surface area contributed by atoms with Crippen molar-refractivity contribution < 1.29 is 13.2 Å². The zero-order valence-corrected chi connectivity index (χ0v) is 19.4. The molecule has 7 nitrogen and oxygen atoms in total. The number of nitrogens with zero attached hydrogens (tertiary/aromatic N) is 3. The average Bonchev–Trinajstić information content (AvgIpc) is 3.08. The molecule has 2 heterocycles. The summed E-state index contributed by atoms with van der Waals surface area (Å²) in [6.45, 7) is 1.95. The Bertz CT molecular complexity index is 1660. The molecule has 33 heavy (non-hydrogen) atoms. The summed E-state index contributed by atoms with van der Waals surface area (Å²) in [5.74, 6) is 0.398. The number of ether oxygens (including phenoxy) is 1. The van der Waals surface area contributed by atoms with Gasteiger partial charge in [0.15, 0.2) is 5.65 Å². The molecule has 0 aliphatic carbocycles. The van der Waals surface area contributed by atoms with Crippen LogP contribution in [0.3, 0.4) is 0 Å². The molecule has 0 saturated heterocycles. The fraction of sp³-hybridized carbons (Fsp3) is 0.0833. The molecule has 2 N–H and O–H groups in total. The highest BCUT2D eigenvalue weighted by Gasteiger charge is 2.31. The van der Waals surface area contributed by atoms with Gasteiger partial charge in [0.2, 0.25) is 9.84 Å². The van der Waals surface area contributed by atoms with Crippen LogP contribution in [0.1, 0.15) is 5.56 Å². The number of para-hydroxylation sites is 2. The molecule has 2 aromatic heterocycles. The summed E-state index contributed by atoms with van der Waals surface area (Å²) < 4.78 is 34.4. The van der Waals surface area contributed by atoms with Gasteiger partial charge in [0, 0.05) is 5.69 Å². The number of hydrogen-bond acceptors (Lipinski definition) is 6. The molecule has 3 aromatic carbocycles. The number of anilines is 1. The zero-order valence-electron chi connectivity index (χ0n) is 17.8. The minimum atomic E-state index is -4.10. The van der Waals surface area contributed by atoms with Crippen LogP contribution in [0.4, 0.5) is 5.82 Å². The van der Waals surface area contributed by atoms with Gasteiger partial charge >= 0.3 is 0 Å². The predicted octanol–water partition coefficient (Wildman–Crippen LogP) is 4.96. The number of nitrogen functional groups attached to an aromatic ring is 1. The van der Waals surface area contributed by atoms with Gasteiger partial charge in [-0.2, -0.15) is 0 Å². The van der Waals surface area contributed by atoms with Gasteiger partial charge in [0.25, 0.3) is 0 Å². The number of methoxy groups -OCH3 is 1. The minimum Gasteiger partial charge on any atom is -0.495 e. The first-order chi connectivity index (χ1) is 15.8. The molecule has 0 radical (unpaired) electrons. The van der Waals surface area contributed by atoms with Gasteiger partial charge in [0.1, 0.15) is 22.0 Å². The van der Waals surface area contributed by atoms with Crippen LogP contribution in [0.25, 0.3) is 27.9 Å². The van der Waals surface area contributed by atoms with Gasteiger partial charge in [-0.15, -0.1) is 0 Å². The molecule has 0 bridgehead atoms. The fourth-order valence-corrected chi connectivity index (χ4v) is 5.70. The Kier molecular flexibility index (Phi) is 4.99. The van der Waals surface area contributed by atoms with Crippen LogP contribution in [0, 0.1) is 6.92 Å². The lowest BCUT2D eigenvalue weighted by Crippen LogP contribution is -2.07. The van der Waals surface area contributed by atoms with E-state index in [1.165, 1.54) is 25.3 Å². The zero-order chi connectivity index (χ0) is 23.3. The molecule has 0 atom stereocenters. The van der Waals surface area contributed by atoms with Gasteiger partial charge in [0.05, 0.1) is 28.1 Å². The highest BCUT2D eigenvalue weighted by Crippen LogP contribution is 2.38. The van der Waals surface area contributed by atoms with Crippen molar-refractivity contribution in [2.75, 3.05) is 12.8 Å². The van der Waals surface area contributed by atoms with E-state index < -0.39 is 9.84 Å². The first kappa shape index (κ1) is 21.2. The molecule has 0 unspecified atom stereocenters. The quantitative estimate of drug-likeness (QED) is 0.392. The van der Waals surface area contributed by atoms with E-state index in [4.69, 9.17) is 27.1 Å². The molecule has 0 spiro atoms. The Hall–Kier alpha value is -3.62. The number of aromatic nitrogens is 3. The summed E-state index contributed by atoms with van der Waals surface area (Å²) in [5, 5.41) is 0.177. The van der Waals surface area contributed by atoms with Crippen molar-refractivity contribution in [3.05, 3.63) is 77.3 Å². The van der Waals surface area contributed by atoms with E-state index in [0.717, 1.165) is 5.56 Å². The Morgan fingerprint density at radius 2 is 1.70 bits per heavy atom. The van der Waals surface area contributed by atoms with Crippen LogP contribution >= 0.6 is 11.6 Å². The van der Waals surface area contributed by atoms with Crippen molar-refractivity contribution in [2.45, 2.75) is 16.7 Å². The summed E-state index contributed by atoms with van der Waals surface area (Å²) in [7, 11) is -2.64. The number of rotatable bonds is 4. The van der Waals surface area contributed by atoms with Crippen molar-refractivity contribution in [3.63, 3.8) is 0 Å². The van der Waals surface area contributed by atoms with E-state index in [0.29, 0.717) is 28.1 Å². The average molecular weight is 479 g/mol. The molecule has 0 amide bonds. The molecule has 166 valence electrons. The molecule has 0 saturated carbocycles. The summed E-state index contributed by atoms with van der Waals surface area (Å²) in [6, 6.07) is 19.1. The molecule has 5 aromatic rings. The number of fused-ring (bicyclic) bond motifs is 2. The Labute approximate surface area is 195 Å². The highest BCUT2D eigenvalue weighted by molar-refractivity contribution is 7.92. The third-order valence-corrected chi connectivity index (χ3v) is 7.52. The molecule has 9 heteroatoms. The van der Waals surface area contributed by atoms with Crippen LogP contribution in [-0.2, 0) is 9.84 Å². The first-order valence-electron chi connectivity index (χ1n) is 10.0. The number of nitrogens with two attached hydrogens (primary N) is 1. The van der Waals surface area contributed by atoms with Crippen LogP contribution in [0.5, 0.6) is 5.75 Å². The number of halogens is 1. The molecular formula is C24H19ClN4O3S. The molecular weight excluding hydrogens is 460 g/mol. The highest BCUT2D eigenvalue weighted by atomic mass is 35.5. The second kappa shape index (κ2) is 7.75. The minimum absolute atomic E-state index is 0.0155. The maximum atomic E-state index is 13.8. The second-order valence-electron chi connectivity index (χ2n) is 7.57. The molecule has 0 aliphatic rings. The van der Waals surface area contributed by atoms with Crippen LogP contribution in [0.15, 0.2) is 76.5 Å². The van der Waals surface area contributed by atoms with Crippen LogP contribution < -0.4 is 10.5 Å². The third-order valence-electron chi connectivity index (χ3n) is 5.41. The lowest BCUT2D eigenvalue weighted by molar-refractivity contribution is 0.414. The SMILES string of the molecule is COc1ccc(S(=O)(=O)c2c(N)n(-c3cccc(C)c3)c3nc4ccccc4nc23)cc1Cl. The van der Waals surface area contributed by atoms with Crippen LogP contribution in [0.2, 0.25) is 5.02 Å². The normalized spacial score (nSPS) is 11.8. The van der Waals surface area contributed by atoms with E-state index in [9.17, 15) is 8.42 Å². The second-order valence-corrected chi connectivity index (χ2v) is 9.87. The van der Waals surface area contributed by atoms with Gasteiger partial charge in [-0.25, -0.2) is 18.4 Å². The topological polar surface area (TPSA) is 100 Å². The fourth-order valence-electron chi connectivity index (χ4n) is 3.86. The lowest BCUT2D eigenvalue weighted by Gasteiger charge is -2.10. The van der Waals surface area contributed by atoms with Gasteiger partial charge in [-0.1, -0.05) is 35.9 Å². The van der Waals surface area contributed by atoms with E-state index in [1.807, 2.05) is 49.4 Å².